The fraction of sp³-hybridized carbons (Fsp3) is 0.286. The third kappa shape index (κ3) is 2.86. The van der Waals surface area contributed by atoms with Crippen LogP contribution in [0, 0.1) is 13.8 Å². The molecule has 0 spiro atoms. The van der Waals surface area contributed by atoms with E-state index in [0.29, 0.717) is 13.2 Å². The summed E-state index contributed by atoms with van der Waals surface area (Å²) in [6.45, 7) is 4.74. The summed E-state index contributed by atoms with van der Waals surface area (Å²) >= 11 is 5.97. The van der Waals surface area contributed by atoms with E-state index in [-0.39, 0.29) is 0 Å². The van der Waals surface area contributed by atoms with Crippen LogP contribution in [0.2, 0.25) is 5.02 Å². The van der Waals surface area contributed by atoms with E-state index >= 15 is 0 Å². The van der Waals surface area contributed by atoms with E-state index in [9.17, 15) is 0 Å². The Kier molecular flexibility index (Phi) is 3.94. The summed E-state index contributed by atoms with van der Waals surface area (Å²) in [5.74, 6) is 2.38. The van der Waals surface area contributed by atoms with Crippen molar-refractivity contribution in [3.8, 4) is 5.75 Å². The number of nitrogens with two attached hydrogens (primary N) is 1. The Labute approximate surface area is 111 Å². The molecule has 0 amide bonds. The summed E-state index contributed by atoms with van der Waals surface area (Å²) in [6.07, 6.45) is 0. The van der Waals surface area contributed by atoms with Gasteiger partial charge in [-0.05, 0) is 49.2 Å². The van der Waals surface area contributed by atoms with Crippen LogP contribution < -0.4 is 10.5 Å². The Bertz CT molecular complexity index is 525. The molecule has 96 valence electrons. The third-order valence-electron chi connectivity index (χ3n) is 2.70. The topological polar surface area (TPSA) is 48.4 Å². The Balaban J connectivity index is 2.10. The molecule has 0 unspecified atom stereocenters. The minimum absolute atomic E-state index is 0.392. The van der Waals surface area contributed by atoms with Crippen LogP contribution in [0.25, 0.3) is 0 Å². The van der Waals surface area contributed by atoms with Crippen molar-refractivity contribution in [1.82, 2.24) is 0 Å². The Hall–Kier alpha value is -1.45. The molecule has 0 aliphatic carbocycles. The standard InChI is InChI=1S/C14H16ClNO2/c1-9-5-11(15)6-10(2)14(9)17-8-13-4-3-12(7-16)18-13/h3-6H,7-8,16H2,1-2H3. The molecule has 18 heavy (non-hydrogen) atoms. The summed E-state index contributed by atoms with van der Waals surface area (Å²) in [7, 11) is 0. The van der Waals surface area contributed by atoms with E-state index in [1.165, 1.54) is 0 Å². The van der Waals surface area contributed by atoms with Gasteiger partial charge in [0.25, 0.3) is 0 Å². The van der Waals surface area contributed by atoms with Crippen molar-refractivity contribution in [2.45, 2.75) is 27.0 Å². The Morgan fingerprint density at radius 1 is 1.17 bits per heavy atom. The molecule has 0 radical (unpaired) electrons. The number of benzene rings is 1. The molecule has 0 fully saturated rings. The monoisotopic (exact) mass is 265 g/mol. The normalized spacial score (nSPS) is 10.7. The SMILES string of the molecule is Cc1cc(Cl)cc(C)c1OCc1ccc(CN)o1. The molecular weight excluding hydrogens is 250 g/mol. The Morgan fingerprint density at radius 2 is 1.78 bits per heavy atom. The van der Waals surface area contributed by atoms with Crippen molar-refractivity contribution < 1.29 is 9.15 Å². The lowest BCUT2D eigenvalue weighted by Crippen LogP contribution is -1.98. The average Bonchev–Trinajstić information content (AvgIpc) is 2.75. The maximum atomic E-state index is 5.97. The van der Waals surface area contributed by atoms with Crippen molar-refractivity contribution in [2.24, 2.45) is 5.73 Å². The van der Waals surface area contributed by atoms with Gasteiger partial charge in [0, 0.05) is 5.02 Å². The minimum Gasteiger partial charge on any atom is -0.485 e. The predicted molar refractivity (Wildman–Crippen MR) is 71.9 cm³/mol. The molecule has 0 aliphatic rings. The zero-order chi connectivity index (χ0) is 13.1. The summed E-state index contributed by atoms with van der Waals surface area (Å²) in [5, 5.41) is 0.723. The van der Waals surface area contributed by atoms with Crippen LogP contribution >= 0.6 is 11.6 Å². The second kappa shape index (κ2) is 5.46. The van der Waals surface area contributed by atoms with Gasteiger partial charge in [0.1, 0.15) is 23.9 Å². The molecule has 0 saturated carbocycles. The summed E-state index contributed by atoms with van der Waals surface area (Å²) in [4.78, 5) is 0. The molecule has 1 heterocycles. The highest BCUT2D eigenvalue weighted by atomic mass is 35.5. The lowest BCUT2D eigenvalue weighted by molar-refractivity contribution is 0.263. The third-order valence-corrected chi connectivity index (χ3v) is 2.92. The highest BCUT2D eigenvalue weighted by molar-refractivity contribution is 6.30. The molecule has 3 nitrogen and oxygen atoms in total. The van der Waals surface area contributed by atoms with Crippen LogP contribution in [0.15, 0.2) is 28.7 Å². The summed E-state index contributed by atoms with van der Waals surface area (Å²) in [6, 6.07) is 7.51. The van der Waals surface area contributed by atoms with E-state index in [1.807, 2.05) is 38.1 Å². The van der Waals surface area contributed by atoms with Gasteiger partial charge in [0.05, 0.1) is 6.54 Å². The van der Waals surface area contributed by atoms with Gasteiger partial charge >= 0.3 is 0 Å². The van der Waals surface area contributed by atoms with Crippen LogP contribution in [0.3, 0.4) is 0 Å². The van der Waals surface area contributed by atoms with Gasteiger partial charge in [-0.25, -0.2) is 0 Å². The van der Waals surface area contributed by atoms with E-state index in [2.05, 4.69) is 0 Å². The number of rotatable bonds is 4. The summed E-state index contributed by atoms with van der Waals surface area (Å²) in [5.41, 5.74) is 7.52. The van der Waals surface area contributed by atoms with Crippen LogP contribution in [0.1, 0.15) is 22.6 Å². The lowest BCUT2D eigenvalue weighted by Gasteiger charge is -2.11. The second-order valence-electron chi connectivity index (χ2n) is 4.23. The molecule has 0 saturated heterocycles. The smallest absolute Gasteiger partial charge is 0.146 e. The maximum absolute atomic E-state index is 5.97. The van der Waals surface area contributed by atoms with Gasteiger partial charge in [0.15, 0.2) is 0 Å². The van der Waals surface area contributed by atoms with Gasteiger partial charge in [-0.15, -0.1) is 0 Å². The van der Waals surface area contributed by atoms with Gasteiger partial charge < -0.3 is 14.9 Å². The van der Waals surface area contributed by atoms with Crippen molar-refractivity contribution >= 4 is 11.6 Å². The first kappa shape index (κ1) is 13.0. The number of aryl methyl sites for hydroxylation is 2. The first-order chi connectivity index (χ1) is 8.60. The maximum Gasteiger partial charge on any atom is 0.146 e. The molecule has 1 aromatic carbocycles. The molecule has 2 N–H and O–H groups in total. The largest absolute Gasteiger partial charge is 0.485 e. The molecular formula is C14H16ClNO2. The van der Waals surface area contributed by atoms with Crippen molar-refractivity contribution in [1.29, 1.82) is 0 Å². The first-order valence-electron chi connectivity index (χ1n) is 5.77. The van der Waals surface area contributed by atoms with Crippen LogP contribution in [-0.2, 0) is 13.2 Å². The molecule has 0 aliphatic heterocycles. The molecule has 0 atom stereocenters. The van der Waals surface area contributed by atoms with Crippen molar-refractivity contribution in [2.75, 3.05) is 0 Å². The molecule has 0 bridgehead atoms. The average molecular weight is 266 g/mol. The minimum atomic E-state index is 0.392. The number of halogens is 1. The number of hydrogen-bond donors (Lipinski definition) is 1. The van der Waals surface area contributed by atoms with E-state index < -0.39 is 0 Å². The van der Waals surface area contributed by atoms with Crippen LogP contribution in [0.4, 0.5) is 0 Å². The van der Waals surface area contributed by atoms with Gasteiger partial charge in [-0.1, -0.05) is 11.6 Å². The summed E-state index contributed by atoms with van der Waals surface area (Å²) < 4.78 is 11.3. The first-order valence-corrected chi connectivity index (χ1v) is 6.15. The molecule has 1 aromatic heterocycles. The second-order valence-corrected chi connectivity index (χ2v) is 4.67. The number of hydrogen-bond acceptors (Lipinski definition) is 3. The predicted octanol–water partition coefficient (Wildman–Crippen LogP) is 3.59. The van der Waals surface area contributed by atoms with Crippen molar-refractivity contribution in [3.05, 3.63) is 51.9 Å². The van der Waals surface area contributed by atoms with Gasteiger partial charge in [-0.3, -0.25) is 0 Å². The fourth-order valence-corrected chi connectivity index (χ4v) is 2.21. The number of ether oxygens (including phenoxy) is 1. The molecule has 2 rings (SSSR count). The van der Waals surface area contributed by atoms with Gasteiger partial charge in [-0.2, -0.15) is 0 Å². The highest BCUT2D eigenvalue weighted by Gasteiger charge is 2.07. The molecule has 2 aromatic rings. The van der Waals surface area contributed by atoms with Crippen molar-refractivity contribution in [3.63, 3.8) is 0 Å². The van der Waals surface area contributed by atoms with Gasteiger partial charge in [0.2, 0.25) is 0 Å². The lowest BCUT2D eigenvalue weighted by atomic mass is 10.1. The van der Waals surface area contributed by atoms with Crippen LogP contribution in [0.5, 0.6) is 5.75 Å². The van der Waals surface area contributed by atoms with E-state index in [4.69, 9.17) is 26.5 Å². The van der Waals surface area contributed by atoms with E-state index in [0.717, 1.165) is 33.4 Å². The quantitative estimate of drug-likeness (QED) is 0.919. The fourth-order valence-electron chi connectivity index (χ4n) is 1.88. The van der Waals surface area contributed by atoms with E-state index in [1.54, 1.807) is 0 Å². The molecule has 4 heteroatoms. The zero-order valence-electron chi connectivity index (χ0n) is 10.5. The number of furan rings is 1. The van der Waals surface area contributed by atoms with Crippen LogP contribution in [-0.4, -0.2) is 0 Å². The zero-order valence-corrected chi connectivity index (χ0v) is 11.3. The highest BCUT2D eigenvalue weighted by Crippen LogP contribution is 2.27. The Morgan fingerprint density at radius 3 is 2.33 bits per heavy atom.